The van der Waals surface area contributed by atoms with E-state index in [9.17, 15) is 0 Å². The molecule has 0 spiro atoms. The molecule has 0 aromatic heterocycles. The monoisotopic (exact) mass is 140 g/mol. The van der Waals surface area contributed by atoms with Crippen LogP contribution in [0.15, 0.2) is 11.6 Å². The smallest absolute Gasteiger partial charge is 0.0262 e. The van der Waals surface area contributed by atoms with Crippen molar-refractivity contribution in [1.82, 2.24) is 0 Å². The molecule has 10 heavy (non-hydrogen) atoms. The van der Waals surface area contributed by atoms with Gasteiger partial charge in [0, 0.05) is 0 Å². The van der Waals surface area contributed by atoms with Crippen LogP contribution in [0.4, 0.5) is 0 Å². The number of hydrogen-bond donors (Lipinski definition) is 0. The zero-order valence-electron chi connectivity index (χ0n) is 7.94. The third-order valence-electron chi connectivity index (χ3n) is 2.10. The van der Waals surface area contributed by atoms with Crippen molar-refractivity contribution in [2.75, 3.05) is 0 Å². The second kappa shape index (κ2) is 4.54. The first-order chi connectivity index (χ1) is 4.57. The molecule has 0 saturated carbocycles. The van der Waals surface area contributed by atoms with E-state index in [0.29, 0.717) is 5.92 Å². The molecule has 0 radical (unpaired) electrons. The highest BCUT2D eigenvalue weighted by Crippen LogP contribution is 2.13. The van der Waals surface area contributed by atoms with E-state index in [1.807, 2.05) is 0 Å². The van der Waals surface area contributed by atoms with Crippen molar-refractivity contribution < 1.29 is 0 Å². The zero-order chi connectivity index (χ0) is 8.15. The topological polar surface area (TPSA) is 0 Å². The number of hydrogen-bond acceptors (Lipinski definition) is 0. The molecule has 1 unspecified atom stereocenters. The van der Waals surface area contributed by atoms with Crippen LogP contribution < -0.4 is 0 Å². The summed E-state index contributed by atoms with van der Waals surface area (Å²) in [5.41, 5.74) is 1.52. The molecule has 0 aliphatic heterocycles. The van der Waals surface area contributed by atoms with Crippen LogP contribution in [-0.2, 0) is 0 Å². The fraction of sp³-hybridized carbons (Fsp3) is 0.800. The predicted octanol–water partition coefficient (Wildman–Crippen LogP) is 3.63. The van der Waals surface area contributed by atoms with Gasteiger partial charge in [0.15, 0.2) is 0 Å². The normalized spacial score (nSPS) is 16.0. The average molecular weight is 140 g/mol. The van der Waals surface area contributed by atoms with Crippen molar-refractivity contribution in [3.8, 4) is 0 Å². The van der Waals surface area contributed by atoms with Crippen molar-refractivity contribution in [2.24, 2.45) is 11.8 Å². The van der Waals surface area contributed by atoms with E-state index in [2.05, 4.69) is 40.7 Å². The van der Waals surface area contributed by atoms with Gasteiger partial charge in [-0.15, -0.1) is 0 Å². The third kappa shape index (κ3) is 3.71. The van der Waals surface area contributed by atoms with Crippen molar-refractivity contribution in [2.45, 2.75) is 41.0 Å². The molecule has 60 valence electrons. The first kappa shape index (κ1) is 9.74. The molecule has 0 aromatic carbocycles. The lowest BCUT2D eigenvalue weighted by Gasteiger charge is -2.08. The lowest BCUT2D eigenvalue weighted by Crippen LogP contribution is -1.93. The van der Waals surface area contributed by atoms with E-state index < -0.39 is 0 Å². The summed E-state index contributed by atoms with van der Waals surface area (Å²) >= 11 is 0. The van der Waals surface area contributed by atoms with Gasteiger partial charge in [0.1, 0.15) is 0 Å². The van der Waals surface area contributed by atoms with Gasteiger partial charge in [0.05, 0.1) is 0 Å². The highest BCUT2D eigenvalue weighted by Gasteiger charge is 1.98. The molecular formula is C10H20. The number of allylic oxidation sites excluding steroid dienone is 2. The van der Waals surface area contributed by atoms with Gasteiger partial charge in [0.25, 0.3) is 0 Å². The van der Waals surface area contributed by atoms with Crippen LogP contribution in [0, 0.1) is 11.8 Å². The van der Waals surface area contributed by atoms with Gasteiger partial charge in [-0.3, -0.25) is 0 Å². The van der Waals surface area contributed by atoms with E-state index >= 15 is 0 Å². The number of rotatable bonds is 3. The summed E-state index contributed by atoms with van der Waals surface area (Å²) in [7, 11) is 0. The van der Waals surface area contributed by atoms with E-state index in [1.54, 1.807) is 0 Å². The van der Waals surface area contributed by atoms with Crippen LogP contribution in [0.3, 0.4) is 0 Å². The molecule has 0 rings (SSSR count). The molecule has 0 aromatic rings. The molecule has 0 nitrogen and oxygen atoms in total. The maximum atomic E-state index is 2.38. The molecule has 0 aliphatic carbocycles. The van der Waals surface area contributed by atoms with Gasteiger partial charge < -0.3 is 0 Å². The van der Waals surface area contributed by atoms with Crippen LogP contribution in [0.5, 0.6) is 0 Å². The molecule has 1 atom stereocenters. The van der Waals surface area contributed by atoms with Crippen LogP contribution >= 0.6 is 0 Å². The zero-order valence-corrected chi connectivity index (χ0v) is 7.94. The Balaban J connectivity index is 3.89. The molecule has 0 N–H and O–H groups in total. The fourth-order valence-corrected chi connectivity index (χ4v) is 0.759. The Kier molecular flexibility index (Phi) is 4.42. The SMILES string of the molecule is CCC(C)/C=C(/C)C(C)C. The summed E-state index contributed by atoms with van der Waals surface area (Å²) in [6.45, 7) is 11.2. The second-order valence-electron chi connectivity index (χ2n) is 3.45. The van der Waals surface area contributed by atoms with Crippen molar-refractivity contribution >= 4 is 0 Å². The minimum atomic E-state index is 0.717. The summed E-state index contributed by atoms with van der Waals surface area (Å²) in [4.78, 5) is 0. The molecule has 0 saturated heterocycles. The minimum absolute atomic E-state index is 0.717. The lowest BCUT2D eigenvalue weighted by atomic mass is 9.99. The Morgan fingerprint density at radius 1 is 1.30 bits per heavy atom. The summed E-state index contributed by atoms with van der Waals surface area (Å²) in [6, 6.07) is 0. The Bertz CT molecular complexity index is 109. The Morgan fingerprint density at radius 2 is 1.80 bits per heavy atom. The summed E-state index contributed by atoms with van der Waals surface area (Å²) in [5, 5.41) is 0. The summed E-state index contributed by atoms with van der Waals surface area (Å²) < 4.78 is 0. The molecule has 0 fully saturated rings. The highest BCUT2D eigenvalue weighted by molar-refractivity contribution is 5.02. The Morgan fingerprint density at radius 3 is 2.10 bits per heavy atom. The molecule has 0 heterocycles. The summed E-state index contributed by atoms with van der Waals surface area (Å²) in [6.07, 6.45) is 3.63. The maximum absolute atomic E-state index is 2.38. The van der Waals surface area contributed by atoms with E-state index in [0.717, 1.165) is 5.92 Å². The summed E-state index contributed by atoms with van der Waals surface area (Å²) in [5.74, 6) is 1.47. The predicted molar refractivity (Wildman–Crippen MR) is 48.1 cm³/mol. The molecule has 0 aliphatic rings. The van der Waals surface area contributed by atoms with E-state index in [4.69, 9.17) is 0 Å². The third-order valence-corrected chi connectivity index (χ3v) is 2.10. The fourth-order valence-electron chi connectivity index (χ4n) is 0.759. The van der Waals surface area contributed by atoms with Crippen molar-refractivity contribution in [3.63, 3.8) is 0 Å². The molecule has 0 bridgehead atoms. The minimum Gasteiger partial charge on any atom is -0.0825 e. The van der Waals surface area contributed by atoms with Crippen molar-refractivity contribution in [1.29, 1.82) is 0 Å². The van der Waals surface area contributed by atoms with Crippen LogP contribution in [0.1, 0.15) is 41.0 Å². The van der Waals surface area contributed by atoms with Gasteiger partial charge in [-0.1, -0.05) is 45.8 Å². The van der Waals surface area contributed by atoms with E-state index in [-0.39, 0.29) is 0 Å². The quantitative estimate of drug-likeness (QED) is 0.525. The first-order valence-electron chi connectivity index (χ1n) is 4.26. The first-order valence-corrected chi connectivity index (χ1v) is 4.26. The van der Waals surface area contributed by atoms with Gasteiger partial charge in [-0.05, 0) is 18.8 Å². The van der Waals surface area contributed by atoms with E-state index in [1.165, 1.54) is 12.0 Å². The Labute approximate surface area is 65.3 Å². The van der Waals surface area contributed by atoms with Crippen LogP contribution in [0.2, 0.25) is 0 Å². The van der Waals surface area contributed by atoms with Crippen molar-refractivity contribution in [3.05, 3.63) is 11.6 Å². The van der Waals surface area contributed by atoms with Gasteiger partial charge >= 0.3 is 0 Å². The van der Waals surface area contributed by atoms with Crippen LogP contribution in [0.25, 0.3) is 0 Å². The van der Waals surface area contributed by atoms with Crippen LogP contribution in [-0.4, -0.2) is 0 Å². The standard InChI is InChI=1S/C10H20/c1-6-9(4)7-10(5)8(2)3/h7-9H,6H2,1-5H3/b10-7-. The Hall–Kier alpha value is -0.260. The lowest BCUT2D eigenvalue weighted by molar-refractivity contribution is 0.668. The second-order valence-corrected chi connectivity index (χ2v) is 3.45. The van der Waals surface area contributed by atoms with Gasteiger partial charge in [0.2, 0.25) is 0 Å². The molecular weight excluding hydrogens is 120 g/mol. The molecule has 0 amide bonds. The highest BCUT2D eigenvalue weighted by atomic mass is 14.0. The van der Waals surface area contributed by atoms with Gasteiger partial charge in [-0.25, -0.2) is 0 Å². The molecule has 0 heteroatoms. The van der Waals surface area contributed by atoms with Gasteiger partial charge in [-0.2, -0.15) is 0 Å². The average Bonchev–Trinajstić information content (AvgIpc) is 1.87. The maximum Gasteiger partial charge on any atom is -0.0262 e. The largest absolute Gasteiger partial charge is 0.0825 e.